The molecule has 0 spiro atoms. The first-order valence-electron chi connectivity index (χ1n) is 8.71. The number of hydrogen-bond acceptors (Lipinski definition) is 4. The molecule has 2 aromatic rings. The van der Waals surface area contributed by atoms with E-state index in [4.69, 9.17) is 4.74 Å². The van der Waals surface area contributed by atoms with Crippen LogP contribution in [0.2, 0.25) is 0 Å². The van der Waals surface area contributed by atoms with Crippen LogP contribution in [0.1, 0.15) is 47.1 Å². The van der Waals surface area contributed by atoms with Crippen LogP contribution >= 0.6 is 0 Å². The SMILES string of the molecule is CC(C)(C)OCCn1ncc(-c2ccc(CC(=O)C(C)(C)C)cc2)n1. The van der Waals surface area contributed by atoms with Gasteiger partial charge in [-0.2, -0.15) is 15.0 Å². The Morgan fingerprint density at radius 1 is 1.08 bits per heavy atom. The smallest absolute Gasteiger partial charge is 0.142 e. The van der Waals surface area contributed by atoms with E-state index in [0.29, 0.717) is 19.6 Å². The standard InChI is InChI=1S/C20H29N3O2/c1-19(2,3)18(24)13-15-7-9-16(10-8-15)17-14-21-23(22-17)11-12-25-20(4,5)6/h7-10,14H,11-13H2,1-6H3. The van der Waals surface area contributed by atoms with Gasteiger partial charge in [-0.3, -0.25) is 4.79 Å². The summed E-state index contributed by atoms with van der Waals surface area (Å²) in [5, 5.41) is 8.78. The van der Waals surface area contributed by atoms with Gasteiger partial charge in [-0.1, -0.05) is 45.0 Å². The number of Topliss-reactive ketones (excluding diaryl/α,β-unsaturated/α-hetero) is 1. The Labute approximate surface area is 150 Å². The van der Waals surface area contributed by atoms with Gasteiger partial charge in [-0.15, -0.1) is 0 Å². The molecule has 0 amide bonds. The molecule has 0 saturated heterocycles. The highest BCUT2D eigenvalue weighted by Crippen LogP contribution is 2.20. The van der Waals surface area contributed by atoms with Crippen LogP contribution in [0.5, 0.6) is 0 Å². The minimum atomic E-state index is -0.309. The van der Waals surface area contributed by atoms with Crippen LogP contribution in [0.25, 0.3) is 11.3 Å². The number of benzene rings is 1. The number of ether oxygens (including phenoxy) is 1. The molecule has 1 aromatic carbocycles. The Morgan fingerprint density at radius 2 is 1.72 bits per heavy atom. The molecule has 0 N–H and O–H groups in total. The van der Waals surface area contributed by atoms with Gasteiger partial charge in [0.1, 0.15) is 11.5 Å². The summed E-state index contributed by atoms with van der Waals surface area (Å²) in [6.45, 7) is 13.1. The summed E-state index contributed by atoms with van der Waals surface area (Å²) >= 11 is 0. The zero-order valence-electron chi connectivity index (χ0n) is 16.2. The molecule has 136 valence electrons. The van der Waals surface area contributed by atoms with Crippen molar-refractivity contribution in [2.75, 3.05) is 6.61 Å². The topological polar surface area (TPSA) is 57.0 Å². The number of aromatic nitrogens is 3. The molecule has 0 atom stereocenters. The molecular formula is C20H29N3O2. The van der Waals surface area contributed by atoms with E-state index in [2.05, 4.69) is 10.2 Å². The molecule has 0 radical (unpaired) electrons. The number of ketones is 1. The zero-order chi connectivity index (χ0) is 18.7. The van der Waals surface area contributed by atoms with Crippen molar-refractivity contribution in [3.05, 3.63) is 36.0 Å². The van der Waals surface area contributed by atoms with Crippen molar-refractivity contribution in [1.29, 1.82) is 0 Å². The van der Waals surface area contributed by atoms with Crippen molar-refractivity contribution >= 4 is 5.78 Å². The van der Waals surface area contributed by atoms with Crippen molar-refractivity contribution in [2.45, 2.75) is 60.1 Å². The van der Waals surface area contributed by atoms with Crippen LogP contribution in [0, 0.1) is 5.41 Å². The van der Waals surface area contributed by atoms with Crippen molar-refractivity contribution < 1.29 is 9.53 Å². The summed E-state index contributed by atoms with van der Waals surface area (Å²) in [6, 6.07) is 7.96. The van der Waals surface area contributed by atoms with E-state index in [-0.39, 0.29) is 16.8 Å². The van der Waals surface area contributed by atoms with E-state index in [1.54, 1.807) is 11.0 Å². The normalized spacial score (nSPS) is 12.4. The van der Waals surface area contributed by atoms with E-state index < -0.39 is 0 Å². The second-order valence-electron chi connectivity index (χ2n) is 8.33. The predicted molar refractivity (Wildman–Crippen MR) is 99.3 cm³/mol. The highest BCUT2D eigenvalue weighted by molar-refractivity contribution is 5.85. The van der Waals surface area contributed by atoms with Gasteiger partial charge in [0, 0.05) is 17.4 Å². The quantitative estimate of drug-likeness (QED) is 0.798. The highest BCUT2D eigenvalue weighted by Gasteiger charge is 2.21. The summed E-state index contributed by atoms with van der Waals surface area (Å²) in [5.74, 6) is 0.241. The average Bonchev–Trinajstić information content (AvgIpc) is 2.94. The molecule has 5 heteroatoms. The first-order valence-corrected chi connectivity index (χ1v) is 8.71. The fourth-order valence-corrected chi connectivity index (χ4v) is 2.21. The van der Waals surface area contributed by atoms with E-state index in [1.807, 2.05) is 65.8 Å². The maximum Gasteiger partial charge on any atom is 0.142 e. The van der Waals surface area contributed by atoms with Gasteiger partial charge in [0.2, 0.25) is 0 Å². The fourth-order valence-electron chi connectivity index (χ4n) is 2.21. The average molecular weight is 343 g/mol. The Bertz CT molecular complexity index is 704. The zero-order valence-corrected chi connectivity index (χ0v) is 16.2. The van der Waals surface area contributed by atoms with Crippen molar-refractivity contribution in [3.63, 3.8) is 0 Å². The van der Waals surface area contributed by atoms with E-state index in [1.165, 1.54) is 0 Å². The molecule has 0 fully saturated rings. The van der Waals surface area contributed by atoms with Crippen LogP contribution in [0.3, 0.4) is 0 Å². The molecule has 0 aliphatic heterocycles. The van der Waals surface area contributed by atoms with Crippen LogP contribution in [0.4, 0.5) is 0 Å². The monoisotopic (exact) mass is 343 g/mol. The van der Waals surface area contributed by atoms with E-state index >= 15 is 0 Å². The molecule has 2 rings (SSSR count). The lowest BCUT2D eigenvalue weighted by Gasteiger charge is -2.18. The first kappa shape index (κ1) is 19.3. The molecule has 1 aromatic heterocycles. The molecule has 25 heavy (non-hydrogen) atoms. The van der Waals surface area contributed by atoms with E-state index in [9.17, 15) is 4.79 Å². The lowest BCUT2D eigenvalue weighted by atomic mass is 9.87. The molecule has 0 bridgehead atoms. The maximum absolute atomic E-state index is 12.1. The summed E-state index contributed by atoms with van der Waals surface area (Å²) in [4.78, 5) is 13.8. The molecule has 0 unspecified atom stereocenters. The minimum absolute atomic E-state index is 0.156. The fraction of sp³-hybridized carbons (Fsp3) is 0.550. The Hall–Kier alpha value is -2.01. The second-order valence-corrected chi connectivity index (χ2v) is 8.33. The molecule has 0 aliphatic rings. The predicted octanol–water partition coefficient (Wildman–Crippen LogP) is 3.92. The molecule has 0 saturated carbocycles. The Balaban J connectivity index is 1.97. The van der Waals surface area contributed by atoms with E-state index in [0.717, 1.165) is 16.8 Å². The van der Waals surface area contributed by atoms with Gasteiger partial charge >= 0.3 is 0 Å². The summed E-state index contributed by atoms with van der Waals surface area (Å²) in [5.41, 5.74) is 2.38. The summed E-state index contributed by atoms with van der Waals surface area (Å²) < 4.78 is 5.70. The molecule has 5 nitrogen and oxygen atoms in total. The molecule has 1 heterocycles. The number of nitrogens with zero attached hydrogens (tertiary/aromatic N) is 3. The van der Waals surface area contributed by atoms with Crippen molar-refractivity contribution in [2.24, 2.45) is 5.41 Å². The Kier molecular flexibility index (Phi) is 5.78. The first-order chi connectivity index (χ1) is 11.5. The lowest BCUT2D eigenvalue weighted by Crippen LogP contribution is -2.22. The van der Waals surface area contributed by atoms with Crippen LogP contribution in [-0.4, -0.2) is 33.0 Å². The molecule has 0 aliphatic carbocycles. The lowest BCUT2D eigenvalue weighted by molar-refractivity contribution is -0.125. The van der Waals surface area contributed by atoms with Crippen LogP contribution < -0.4 is 0 Å². The molecular weight excluding hydrogens is 314 g/mol. The largest absolute Gasteiger partial charge is 0.374 e. The van der Waals surface area contributed by atoms with Crippen molar-refractivity contribution in [1.82, 2.24) is 15.0 Å². The van der Waals surface area contributed by atoms with Gasteiger partial charge < -0.3 is 4.74 Å². The third-order valence-corrected chi connectivity index (χ3v) is 3.81. The van der Waals surface area contributed by atoms with Gasteiger partial charge in [0.05, 0.1) is 24.9 Å². The number of hydrogen-bond donors (Lipinski definition) is 0. The van der Waals surface area contributed by atoms with Gasteiger partial charge in [0.25, 0.3) is 0 Å². The number of rotatable bonds is 6. The van der Waals surface area contributed by atoms with Crippen molar-refractivity contribution in [3.8, 4) is 11.3 Å². The summed E-state index contributed by atoms with van der Waals surface area (Å²) in [6.07, 6.45) is 2.22. The highest BCUT2D eigenvalue weighted by atomic mass is 16.5. The van der Waals surface area contributed by atoms with Crippen LogP contribution in [-0.2, 0) is 22.5 Å². The third kappa shape index (κ3) is 6.09. The minimum Gasteiger partial charge on any atom is -0.374 e. The third-order valence-electron chi connectivity index (χ3n) is 3.81. The maximum atomic E-state index is 12.1. The van der Waals surface area contributed by atoms with Gasteiger partial charge in [-0.25, -0.2) is 0 Å². The number of carbonyl (C=O) groups excluding carboxylic acids is 1. The van der Waals surface area contributed by atoms with Gasteiger partial charge in [0.15, 0.2) is 0 Å². The second kappa shape index (κ2) is 7.48. The number of carbonyl (C=O) groups is 1. The Morgan fingerprint density at radius 3 is 2.28 bits per heavy atom. The summed E-state index contributed by atoms with van der Waals surface area (Å²) in [7, 11) is 0. The van der Waals surface area contributed by atoms with Crippen LogP contribution in [0.15, 0.2) is 30.5 Å². The van der Waals surface area contributed by atoms with Gasteiger partial charge in [-0.05, 0) is 26.3 Å².